The molecule has 2 rings (SSSR count). The van der Waals surface area contributed by atoms with Gasteiger partial charge in [0.15, 0.2) is 5.82 Å². The van der Waals surface area contributed by atoms with Crippen molar-refractivity contribution in [1.29, 1.82) is 0 Å². The molecule has 0 N–H and O–H groups in total. The highest BCUT2D eigenvalue weighted by molar-refractivity contribution is 6.18. The number of halogens is 1. The fourth-order valence-corrected chi connectivity index (χ4v) is 2.10. The maximum absolute atomic E-state index is 11.5. The first-order chi connectivity index (χ1) is 7.65. The molecular weight excluding hydrogens is 234 g/mol. The van der Waals surface area contributed by atoms with E-state index in [0.717, 1.165) is 0 Å². The zero-order valence-corrected chi connectivity index (χ0v) is 9.18. The molecule has 0 aromatic carbocycles. The Balaban J connectivity index is 2.56. The summed E-state index contributed by atoms with van der Waals surface area (Å²) in [5.74, 6) is 0.749. The van der Waals surface area contributed by atoms with E-state index in [2.05, 4.69) is 0 Å². The lowest BCUT2D eigenvalue weighted by molar-refractivity contribution is -0.384. The van der Waals surface area contributed by atoms with Crippen molar-refractivity contribution in [3.63, 3.8) is 0 Å². The van der Waals surface area contributed by atoms with Crippen LogP contribution in [0.25, 0.3) is 0 Å². The van der Waals surface area contributed by atoms with Crippen LogP contribution in [0.4, 0.5) is 11.5 Å². The monoisotopic (exact) mass is 243 g/mol. The molecule has 0 bridgehead atoms. The Labute approximate surface area is 96.2 Å². The van der Waals surface area contributed by atoms with Crippen molar-refractivity contribution in [3.05, 3.63) is 32.6 Å². The second-order valence-corrected chi connectivity index (χ2v) is 3.84. The molecule has 1 aromatic rings. The fourth-order valence-electron chi connectivity index (χ4n) is 1.90. The zero-order valence-electron chi connectivity index (χ0n) is 8.43. The lowest BCUT2D eigenvalue weighted by atomic mass is 10.3. The smallest absolute Gasteiger partial charge is 0.310 e. The van der Waals surface area contributed by atoms with Crippen LogP contribution < -0.4 is 10.5 Å². The average molecular weight is 244 g/mol. The van der Waals surface area contributed by atoms with Gasteiger partial charge in [-0.3, -0.25) is 19.5 Å². The van der Waals surface area contributed by atoms with E-state index >= 15 is 0 Å². The molecular formula is C9H10ClN3O3. The van der Waals surface area contributed by atoms with E-state index in [9.17, 15) is 14.9 Å². The van der Waals surface area contributed by atoms with Crippen LogP contribution in [0.2, 0.25) is 0 Å². The molecule has 0 saturated carbocycles. The Hall–Kier alpha value is -1.56. The molecule has 0 amide bonds. The first-order valence-corrected chi connectivity index (χ1v) is 5.37. The molecule has 0 unspecified atom stereocenters. The molecule has 0 spiro atoms. The summed E-state index contributed by atoms with van der Waals surface area (Å²) in [5, 5.41) is 10.9. The number of hydrogen-bond donors (Lipinski definition) is 0. The Morgan fingerprint density at radius 2 is 2.19 bits per heavy atom. The van der Waals surface area contributed by atoms with Crippen LogP contribution in [0.3, 0.4) is 0 Å². The molecule has 86 valence electrons. The molecule has 0 radical (unpaired) electrons. The van der Waals surface area contributed by atoms with Gasteiger partial charge in [-0.2, -0.15) is 0 Å². The number of rotatable bonds is 3. The second-order valence-electron chi connectivity index (χ2n) is 3.47. The summed E-state index contributed by atoms with van der Waals surface area (Å²) in [6.07, 6.45) is 0. The molecule has 1 aromatic heterocycles. The topological polar surface area (TPSA) is 68.4 Å². The van der Waals surface area contributed by atoms with Crippen molar-refractivity contribution in [3.8, 4) is 0 Å². The zero-order chi connectivity index (χ0) is 11.7. The van der Waals surface area contributed by atoms with Crippen LogP contribution in [0.15, 0.2) is 16.9 Å². The van der Waals surface area contributed by atoms with Crippen LogP contribution in [-0.4, -0.2) is 28.5 Å². The highest BCUT2D eigenvalue weighted by Crippen LogP contribution is 2.29. The minimum absolute atomic E-state index is 0.0396. The van der Waals surface area contributed by atoms with Gasteiger partial charge in [-0.05, 0) is 0 Å². The van der Waals surface area contributed by atoms with Gasteiger partial charge < -0.3 is 4.90 Å². The van der Waals surface area contributed by atoms with Crippen molar-refractivity contribution in [2.45, 2.75) is 6.54 Å². The minimum Gasteiger partial charge on any atom is -0.349 e. The molecule has 16 heavy (non-hydrogen) atoms. The van der Waals surface area contributed by atoms with Crippen LogP contribution in [0.1, 0.15) is 0 Å². The van der Waals surface area contributed by atoms with E-state index in [1.807, 2.05) is 0 Å². The maximum atomic E-state index is 11.5. The van der Waals surface area contributed by atoms with E-state index in [-0.39, 0.29) is 11.2 Å². The summed E-state index contributed by atoms with van der Waals surface area (Å²) in [6.45, 7) is 1.57. The van der Waals surface area contributed by atoms with Crippen molar-refractivity contribution in [1.82, 2.24) is 4.57 Å². The summed E-state index contributed by atoms with van der Waals surface area (Å²) in [4.78, 5) is 23.7. The second kappa shape index (κ2) is 4.13. The molecule has 1 aliphatic rings. The summed E-state index contributed by atoms with van der Waals surface area (Å²) >= 11 is 5.62. The Kier molecular flexibility index (Phi) is 2.82. The van der Waals surface area contributed by atoms with Crippen molar-refractivity contribution < 1.29 is 4.92 Å². The van der Waals surface area contributed by atoms with Crippen LogP contribution in [0, 0.1) is 10.1 Å². The third kappa shape index (κ3) is 1.65. The van der Waals surface area contributed by atoms with Crippen LogP contribution in [-0.2, 0) is 6.54 Å². The quantitative estimate of drug-likeness (QED) is 0.448. The largest absolute Gasteiger partial charge is 0.349 e. The van der Waals surface area contributed by atoms with Crippen molar-refractivity contribution in [2.75, 3.05) is 23.9 Å². The average Bonchev–Trinajstić information content (AvgIpc) is 2.64. The van der Waals surface area contributed by atoms with Gasteiger partial charge in [-0.1, -0.05) is 0 Å². The van der Waals surface area contributed by atoms with Gasteiger partial charge in [-0.15, -0.1) is 11.6 Å². The molecule has 6 nitrogen and oxygen atoms in total. The molecule has 1 aliphatic heterocycles. The predicted octanol–water partition coefficient (Wildman–Crippen LogP) is 0.815. The Bertz CT molecular complexity index is 485. The van der Waals surface area contributed by atoms with Gasteiger partial charge in [0.1, 0.15) is 0 Å². The lowest BCUT2D eigenvalue weighted by Crippen LogP contribution is -2.24. The Morgan fingerprint density at radius 3 is 2.81 bits per heavy atom. The summed E-state index contributed by atoms with van der Waals surface area (Å²) in [6, 6.07) is 2.48. The maximum Gasteiger partial charge on any atom is 0.310 e. The summed E-state index contributed by atoms with van der Waals surface area (Å²) < 4.78 is 1.42. The number of anilines is 1. The molecule has 0 fully saturated rings. The van der Waals surface area contributed by atoms with Crippen LogP contribution in [0.5, 0.6) is 0 Å². The van der Waals surface area contributed by atoms with Gasteiger partial charge in [0.25, 0.3) is 5.56 Å². The highest BCUT2D eigenvalue weighted by atomic mass is 35.5. The van der Waals surface area contributed by atoms with E-state index < -0.39 is 4.92 Å². The van der Waals surface area contributed by atoms with Gasteiger partial charge in [0.05, 0.1) is 4.92 Å². The number of hydrogen-bond acceptors (Lipinski definition) is 4. The SMILES string of the molecule is O=c1ccc([N+](=O)[O-])c2n1CCN2CCCl. The molecule has 0 atom stereocenters. The number of alkyl halides is 1. The number of pyridine rings is 1. The Morgan fingerprint density at radius 1 is 1.44 bits per heavy atom. The van der Waals surface area contributed by atoms with Crippen molar-refractivity contribution in [2.24, 2.45) is 0 Å². The first-order valence-electron chi connectivity index (χ1n) is 4.84. The lowest BCUT2D eigenvalue weighted by Gasteiger charge is -2.15. The van der Waals surface area contributed by atoms with Crippen molar-refractivity contribution >= 4 is 23.1 Å². The van der Waals surface area contributed by atoms with Gasteiger partial charge in [-0.25, -0.2) is 0 Å². The van der Waals surface area contributed by atoms with Gasteiger partial charge in [0, 0.05) is 37.6 Å². The molecule has 7 heteroatoms. The fraction of sp³-hybridized carbons (Fsp3) is 0.444. The predicted molar refractivity (Wildman–Crippen MR) is 60.3 cm³/mol. The first kappa shape index (κ1) is 10.9. The van der Waals surface area contributed by atoms with Gasteiger partial charge >= 0.3 is 5.69 Å². The van der Waals surface area contributed by atoms with E-state index in [0.29, 0.717) is 31.3 Å². The number of nitrogens with zero attached hydrogens (tertiary/aromatic N) is 3. The third-order valence-corrected chi connectivity index (χ3v) is 2.75. The van der Waals surface area contributed by atoms with E-state index in [1.165, 1.54) is 16.7 Å². The summed E-state index contributed by atoms with van der Waals surface area (Å²) in [5.41, 5.74) is -0.250. The standard InChI is InChI=1S/C9H10ClN3O3/c10-3-4-11-5-6-12-8(14)2-1-7(9(11)12)13(15)16/h1-2H,3-6H2. The van der Waals surface area contributed by atoms with Crippen LogP contribution >= 0.6 is 11.6 Å². The van der Waals surface area contributed by atoms with E-state index in [4.69, 9.17) is 11.6 Å². The molecule has 0 aliphatic carbocycles. The summed E-state index contributed by atoms with van der Waals surface area (Å²) in [7, 11) is 0. The molecule has 2 heterocycles. The number of aromatic nitrogens is 1. The number of nitro groups is 1. The normalized spacial score (nSPS) is 13.9. The highest BCUT2D eigenvalue weighted by Gasteiger charge is 2.28. The van der Waals surface area contributed by atoms with E-state index in [1.54, 1.807) is 4.90 Å². The van der Waals surface area contributed by atoms with Gasteiger partial charge in [0.2, 0.25) is 0 Å². The molecule has 0 saturated heterocycles. The third-order valence-electron chi connectivity index (χ3n) is 2.58. The number of fused-ring (bicyclic) bond motifs is 1. The minimum atomic E-state index is -0.474.